The van der Waals surface area contributed by atoms with Crippen molar-refractivity contribution < 1.29 is 13.2 Å². The number of aromatic nitrogens is 2. The highest BCUT2D eigenvalue weighted by Gasteiger charge is 2.40. The zero-order chi connectivity index (χ0) is 14.7. The van der Waals surface area contributed by atoms with Crippen molar-refractivity contribution in [1.82, 2.24) is 18.6 Å². The highest BCUT2D eigenvalue weighted by atomic mass is 32.2. The molecule has 0 bridgehead atoms. The standard InChI is InChI=1S/C13H20N4O3S/c18-21(19,16-7-3-10-20-11-9-16)17-8-1-4-12(17)13-14-5-2-6-15-13/h2,5-6,12H,1,3-4,7-11H2. The van der Waals surface area contributed by atoms with E-state index < -0.39 is 10.2 Å². The molecule has 2 saturated heterocycles. The van der Waals surface area contributed by atoms with Crippen molar-refractivity contribution in [2.24, 2.45) is 0 Å². The van der Waals surface area contributed by atoms with Gasteiger partial charge in [0.15, 0.2) is 0 Å². The summed E-state index contributed by atoms with van der Waals surface area (Å²) in [6.07, 6.45) is 5.66. The third-order valence-electron chi connectivity index (χ3n) is 3.89. The van der Waals surface area contributed by atoms with Crippen LogP contribution in [-0.2, 0) is 14.9 Å². The minimum atomic E-state index is -3.48. The lowest BCUT2D eigenvalue weighted by Crippen LogP contribution is -2.44. The summed E-state index contributed by atoms with van der Waals surface area (Å²) in [5.41, 5.74) is 0. The van der Waals surface area contributed by atoms with Gasteiger partial charge >= 0.3 is 0 Å². The van der Waals surface area contributed by atoms with Gasteiger partial charge in [-0.3, -0.25) is 0 Å². The van der Waals surface area contributed by atoms with E-state index in [1.54, 1.807) is 22.8 Å². The Kier molecular flexibility index (Phi) is 4.48. The summed E-state index contributed by atoms with van der Waals surface area (Å²) in [5, 5.41) is 0. The number of ether oxygens (including phenoxy) is 1. The highest BCUT2D eigenvalue weighted by Crippen LogP contribution is 2.33. The Bertz CT molecular complexity index is 558. The number of hydrogen-bond donors (Lipinski definition) is 0. The van der Waals surface area contributed by atoms with Gasteiger partial charge in [0.05, 0.1) is 12.6 Å². The maximum absolute atomic E-state index is 12.9. The first-order valence-electron chi connectivity index (χ1n) is 7.31. The molecule has 3 rings (SSSR count). The minimum absolute atomic E-state index is 0.250. The third kappa shape index (κ3) is 3.08. The summed E-state index contributed by atoms with van der Waals surface area (Å²) in [6, 6.07) is 1.49. The second-order valence-electron chi connectivity index (χ2n) is 5.25. The fourth-order valence-electron chi connectivity index (χ4n) is 2.86. The molecule has 0 amide bonds. The molecular formula is C13H20N4O3S. The van der Waals surface area contributed by atoms with E-state index in [-0.39, 0.29) is 6.04 Å². The van der Waals surface area contributed by atoms with Crippen LogP contribution in [0.1, 0.15) is 31.1 Å². The summed E-state index contributed by atoms with van der Waals surface area (Å²) in [6.45, 7) is 2.54. The monoisotopic (exact) mass is 312 g/mol. The summed E-state index contributed by atoms with van der Waals surface area (Å²) >= 11 is 0. The lowest BCUT2D eigenvalue weighted by molar-refractivity contribution is 0.147. The number of rotatable bonds is 3. The summed E-state index contributed by atoms with van der Waals surface area (Å²) in [5.74, 6) is 0.588. The molecular weight excluding hydrogens is 292 g/mol. The van der Waals surface area contributed by atoms with Gasteiger partial charge in [-0.2, -0.15) is 17.0 Å². The Hall–Kier alpha value is -1.09. The van der Waals surface area contributed by atoms with Crippen LogP contribution in [0.15, 0.2) is 18.5 Å². The van der Waals surface area contributed by atoms with E-state index in [2.05, 4.69) is 9.97 Å². The Balaban J connectivity index is 1.83. The molecule has 116 valence electrons. The van der Waals surface area contributed by atoms with E-state index in [4.69, 9.17) is 4.74 Å². The van der Waals surface area contributed by atoms with Crippen LogP contribution in [0.4, 0.5) is 0 Å². The minimum Gasteiger partial charge on any atom is -0.380 e. The van der Waals surface area contributed by atoms with Crippen LogP contribution in [0.5, 0.6) is 0 Å². The first-order valence-corrected chi connectivity index (χ1v) is 8.71. The van der Waals surface area contributed by atoms with Crippen LogP contribution in [0.25, 0.3) is 0 Å². The second kappa shape index (κ2) is 6.35. The van der Waals surface area contributed by atoms with E-state index in [1.807, 2.05) is 0 Å². The van der Waals surface area contributed by atoms with Crippen LogP contribution >= 0.6 is 0 Å². The average Bonchev–Trinajstić information content (AvgIpc) is 2.84. The molecule has 0 saturated carbocycles. The van der Waals surface area contributed by atoms with Gasteiger partial charge in [-0.25, -0.2) is 9.97 Å². The largest absolute Gasteiger partial charge is 0.380 e. The Morgan fingerprint density at radius 3 is 2.71 bits per heavy atom. The van der Waals surface area contributed by atoms with Gasteiger partial charge in [0.2, 0.25) is 0 Å². The normalized spacial score (nSPS) is 25.8. The summed E-state index contributed by atoms with van der Waals surface area (Å²) in [7, 11) is -3.48. The summed E-state index contributed by atoms with van der Waals surface area (Å²) < 4.78 is 34.2. The van der Waals surface area contributed by atoms with Gasteiger partial charge in [0.25, 0.3) is 10.2 Å². The van der Waals surface area contributed by atoms with Gasteiger partial charge in [0, 0.05) is 38.6 Å². The third-order valence-corrected chi connectivity index (χ3v) is 5.94. The van der Waals surface area contributed by atoms with Crippen LogP contribution in [0, 0.1) is 0 Å². The fourth-order valence-corrected chi connectivity index (χ4v) is 4.70. The highest BCUT2D eigenvalue weighted by molar-refractivity contribution is 7.86. The SMILES string of the molecule is O=S(=O)(N1CCCOCC1)N1CCCC1c1ncccn1. The second-order valence-corrected chi connectivity index (χ2v) is 7.13. The van der Waals surface area contributed by atoms with Crippen LogP contribution in [-0.4, -0.2) is 59.8 Å². The Morgan fingerprint density at radius 2 is 1.90 bits per heavy atom. The van der Waals surface area contributed by atoms with E-state index in [9.17, 15) is 8.42 Å². The topological polar surface area (TPSA) is 75.6 Å². The zero-order valence-electron chi connectivity index (χ0n) is 11.9. The molecule has 0 N–H and O–H groups in total. The average molecular weight is 312 g/mol. The molecule has 1 aromatic heterocycles. The molecule has 3 heterocycles. The van der Waals surface area contributed by atoms with Gasteiger partial charge in [-0.05, 0) is 25.3 Å². The van der Waals surface area contributed by atoms with E-state index in [0.29, 0.717) is 38.7 Å². The number of hydrogen-bond acceptors (Lipinski definition) is 5. The Labute approximate surface area is 125 Å². The predicted molar refractivity (Wildman–Crippen MR) is 76.6 cm³/mol. The van der Waals surface area contributed by atoms with E-state index >= 15 is 0 Å². The van der Waals surface area contributed by atoms with Crippen molar-refractivity contribution in [3.8, 4) is 0 Å². The molecule has 1 unspecified atom stereocenters. The zero-order valence-corrected chi connectivity index (χ0v) is 12.7. The molecule has 1 atom stereocenters. The Morgan fingerprint density at radius 1 is 1.10 bits per heavy atom. The van der Waals surface area contributed by atoms with Crippen LogP contribution in [0.2, 0.25) is 0 Å². The molecule has 2 aliphatic rings. The van der Waals surface area contributed by atoms with Crippen molar-refractivity contribution in [3.63, 3.8) is 0 Å². The van der Waals surface area contributed by atoms with Crippen LogP contribution < -0.4 is 0 Å². The smallest absolute Gasteiger partial charge is 0.282 e. The molecule has 21 heavy (non-hydrogen) atoms. The van der Waals surface area contributed by atoms with Gasteiger partial charge in [-0.15, -0.1) is 0 Å². The summed E-state index contributed by atoms with van der Waals surface area (Å²) in [4.78, 5) is 8.46. The maximum atomic E-state index is 12.9. The maximum Gasteiger partial charge on any atom is 0.282 e. The quantitative estimate of drug-likeness (QED) is 0.816. The number of nitrogens with zero attached hydrogens (tertiary/aromatic N) is 4. The van der Waals surface area contributed by atoms with E-state index in [0.717, 1.165) is 19.3 Å². The molecule has 0 aliphatic carbocycles. The van der Waals surface area contributed by atoms with E-state index in [1.165, 1.54) is 4.31 Å². The predicted octanol–water partition coefficient (Wildman–Crippen LogP) is 0.581. The first-order chi connectivity index (χ1) is 10.2. The van der Waals surface area contributed by atoms with Crippen molar-refractivity contribution in [3.05, 3.63) is 24.3 Å². The van der Waals surface area contributed by atoms with Crippen molar-refractivity contribution in [1.29, 1.82) is 0 Å². The first kappa shape index (κ1) is 14.8. The molecule has 0 aromatic carbocycles. The van der Waals surface area contributed by atoms with Crippen molar-refractivity contribution in [2.75, 3.05) is 32.8 Å². The molecule has 8 heteroatoms. The molecule has 1 aromatic rings. The molecule has 0 radical (unpaired) electrons. The molecule has 7 nitrogen and oxygen atoms in total. The van der Waals surface area contributed by atoms with Gasteiger partial charge < -0.3 is 4.74 Å². The van der Waals surface area contributed by atoms with Crippen molar-refractivity contribution in [2.45, 2.75) is 25.3 Å². The molecule has 2 fully saturated rings. The van der Waals surface area contributed by atoms with Gasteiger partial charge in [-0.1, -0.05) is 0 Å². The lowest BCUT2D eigenvalue weighted by Gasteiger charge is -2.29. The van der Waals surface area contributed by atoms with Crippen molar-refractivity contribution >= 4 is 10.2 Å². The van der Waals surface area contributed by atoms with Crippen LogP contribution in [0.3, 0.4) is 0 Å². The molecule has 0 spiro atoms. The fraction of sp³-hybridized carbons (Fsp3) is 0.692. The molecule has 2 aliphatic heterocycles. The lowest BCUT2D eigenvalue weighted by atomic mass is 10.2. The van der Waals surface area contributed by atoms with Gasteiger partial charge in [0.1, 0.15) is 5.82 Å².